The molecule has 1 atom stereocenters. The second-order valence-electron chi connectivity index (χ2n) is 5.74. The maximum atomic E-state index is 12.7. The van der Waals surface area contributed by atoms with E-state index in [4.69, 9.17) is 0 Å². The lowest BCUT2D eigenvalue weighted by Crippen LogP contribution is -2.27. The first-order valence-electron chi connectivity index (χ1n) is 7.86. The van der Waals surface area contributed by atoms with E-state index in [0.717, 1.165) is 17.7 Å². The van der Waals surface area contributed by atoms with Gasteiger partial charge >= 0.3 is 0 Å². The highest BCUT2D eigenvalue weighted by atomic mass is 16.2. The van der Waals surface area contributed by atoms with Crippen molar-refractivity contribution in [1.82, 2.24) is 9.97 Å². The van der Waals surface area contributed by atoms with Crippen molar-refractivity contribution in [3.63, 3.8) is 0 Å². The van der Waals surface area contributed by atoms with Crippen LogP contribution in [0.5, 0.6) is 0 Å². The molecule has 0 aliphatic heterocycles. The van der Waals surface area contributed by atoms with Crippen LogP contribution in [-0.4, -0.2) is 21.7 Å². The fraction of sp³-hybridized carbons (Fsp3) is 0.333. The summed E-state index contributed by atoms with van der Waals surface area (Å²) in [5.41, 5.74) is 2.36. The lowest BCUT2D eigenvalue weighted by Gasteiger charge is -2.23. The molecular formula is C18H19N3O2. The molecule has 0 bridgehead atoms. The maximum Gasteiger partial charge on any atom is 0.233 e. The minimum Gasteiger partial charge on any atom is -0.310 e. The van der Waals surface area contributed by atoms with Gasteiger partial charge in [-0.05, 0) is 25.3 Å². The van der Waals surface area contributed by atoms with Gasteiger partial charge in [-0.25, -0.2) is 9.97 Å². The fourth-order valence-electron chi connectivity index (χ4n) is 2.98. The normalized spacial score (nSPS) is 16.8. The third-order valence-electron chi connectivity index (χ3n) is 4.12. The van der Waals surface area contributed by atoms with Crippen LogP contribution in [0.15, 0.2) is 30.3 Å². The number of aromatic nitrogens is 2. The third-order valence-corrected chi connectivity index (χ3v) is 4.12. The van der Waals surface area contributed by atoms with E-state index in [1.807, 2.05) is 32.0 Å². The van der Waals surface area contributed by atoms with Crippen LogP contribution in [-0.2, 0) is 11.2 Å². The Labute approximate surface area is 135 Å². The van der Waals surface area contributed by atoms with E-state index in [2.05, 4.69) is 15.3 Å². The molecule has 1 aliphatic carbocycles. The fourth-order valence-corrected chi connectivity index (χ4v) is 2.98. The molecule has 0 spiro atoms. The van der Waals surface area contributed by atoms with Crippen LogP contribution < -0.4 is 5.32 Å². The topological polar surface area (TPSA) is 72.0 Å². The molecule has 1 N–H and O–H groups in total. The van der Waals surface area contributed by atoms with E-state index in [9.17, 15) is 9.59 Å². The summed E-state index contributed by atoms with van der Waals surface area (Å²) in [7, 11) is 0. The molecule has 1 unspecified atom stereocenters. The van der Waals surface area contributed by atoms with Crippen molar-refractivity contribution >= 4 is 17.5 Å². The molecule has 23 heavy (non-hydrogen) atoms. The zero-order chi connectivity index (χ0) is 16.4. The van der Waals surface area contributed by atoms with Crippen LogP contribution in [0.25, 0.3) is 0 Å². The maximum absolute atomic E-state index is 12.7. The number of nitrogens with zero attached hydrogens (tertiary/aromatic N) is 2. The van der Waals surface area contributed by atoms with Crippen molar-refractivity contribution in [2.24, 2.45) is 0 Å². The molecule has 1 heterocycles. The van der Waals surface area contributed by atoms with Gasteiger partial charge in [-0.3, -0.25) is 9.59 Å². The number of nitrogens with one attached hydrogen (secondary N) is 1. The van der Waals surface area contributed by atoms with Crippen molar-refractivity contribution in [2.45, 2.75) is 39.0 Å². The number of rotatable bonds is 3. The predicted molar refractivity (Wildman–Crippen MR) is 87.5 cm³/mol. The van der Waals surface area contributed by atoms with Gasteiger partial charge in [0.15, 0.2) is 5.78 Å². The first-order chi connectivity index (χ1) is 11.1. The highest BCUT2D eigenvalue weighted by Crippen LogP contribution is 2.32. The standard InChI is InChI=1S/C18H19N3O2/c1-3-12-10-17(20-11(2)19-12)21-18(23)15-8-9-16(22)14-7-5-4-6-13(14)15/h4-7,10,15H,3,8-9H2,1-2H3,(H,19,20,21,23). The number of hydrogen-bond acceptors (Lipinski definition) is 4. The molecule has 5 nitrogen and oxygen atoms in total. The average Bonchev–Trinajstić information content (AvgIpc) is 2.54. The molecule has 1 amide bonds. The van der Waals surface area contributed by atoms with E-state index >= 15 is 0 Å². The quantitative estimate of drug-likeness (QED) is 0.946. The summed E-state index contributed by atoms with van der Waals surface area (Å²) in [6.07, 6.45) is 1.72. The predicted octanol–water partition coefficient (Wildman–Crippen LogP) is 3.05. The Bertz CT molecular complexity index is 771. The second-order valence-corrected chi connectivity index (χ2v) is 5.74. The summed E-state index contributed by atoms with van der Waals surface area (Å²) < 4.78 is 0. The van der Waals surface area contributed by atoms with Crippen molar-refractivity contribution in [3.8, 4) is 0 Å². The minimum atomic E-state index is -0.316. The molecule has 2 aromatic rings. The lowest BCUT2D eigenvalue weighted by molar-refractivity contribution is -0.117. The summed E-state index contributed by atoms with van der Waals surface area (Å²) in [5.74, 6) is 0.831. The van der Waals surface area contributed by atoms with Gasteiger partial charge in [0.05, 0.1) is 5.92 Å². The van der Waals surface area contributed by atoms with E-state index in [-0.39, 0.29) is 17.6 Å². The molecule has 118 valence electrons. The number of Topliss-reactive ketones (excluding diaryl/α,β-unsaturated/α-hetero) is 1. The summed E-state index contributed by atoms with van der Waals surface area (Å²) in [6.45, 7) is 3.82. The summed E-state index contributed by atoms with van der Waals surface area (Å²) in [4.78, 5) is 33.2. The van der Waals surface area contributed by atoms with Crippen LogP contribution in [0.1, 0.15) is 53.1 Å². The van der Waals surface area contributed by atoms with E-state index in [1.54, 1.807) is 12.1 Å². The highest BCUT2D eigenvalue weighted by molar-refractivity contribution is 6.04. The molecule has 0 saturated heterocycles. The Morgan fingerprint density at radius 3 is 2.87 bits per heavy atom. The number of carbonyl (C=O) groups excluding carboxylic acids is 2. The van der Waals surface area contributed by atoms with Crippen LogP contribution in [0, 0.1) is 6.92 Å². The first kappa shape index (κ1) is 15.3. The van der Waals surface area contributed by atoms with E-state index in [0.29, 0.717) is 30.0 Å². The zero-order valence-corrected chi connectivity index (χ0v) is 13.3. The second kappa shape index (κ2) is 6.28. The molecule has 5 heteroatoms. The van der Waals surface area contributed by atoms with Crippen molar-refractivity contribution in [1.29, 1.82) is 0 Å². The van der Waals surface area contributed by atoms with Gasteiger partial charge in [0, 0.05) is 23.7 Å². The Kier molecular flexibility index (Phi) is 4.19. The van der Waals surface area contributed by atoms with Gasteiger partial charge in [0.1, 0.15) is 11.6 Å². The van der Waals surface area contributed by atoms with Crippen molar-refractivity contribution in [3.05, 3.63) is 53.0 Å². The summed E-state index contributed by atoms with van der Waals surface area (Å²) in [5, 5.41) is 2.88. The molecular weight excluding hydrogens is 290 g/mol. The van der Waals surface area contributed by atoms with Gasteiger partial charge in [0.2, 0.25) is 5.91 Å². The average molecular weight is 309 g/mol. The van der Waals surface area contributed by atoms with Crippen molar-refractivity contribution < 1.29 is 9.59 Å². The highest BCUT2D eigenvalue weighted by Gasteiger charge is 2.30. The van der Waals surface area contributed by atoms with Gasteiger partial charge < -0.3 is 5.32 Å². The van der Waals surface area contributed by atoms with Gasteiger partial charge in [-0.1, -0.05) is 31.2 Å². The van der Waals surface area contributed by atoms with E-state index < -0.39 is 0 Å². The third kappa shape index (κ3) is 3.13. The Morgan fingerprint density at radius 2 is 2.09 bits per heavy atom. The number of ketones is 1. The van der Waals surface area contributed by atoms with E-state index in [1.165, 1.54) is 0 Å². The largest absolute Gasteiger partial charge is 0.310 e. The lowest BCUT2D eigenvalue weighted by atomic mass is 9.81. The van der Waals surface area contributed by atoms with Gasteiger partial charge in [-0.15, -0.1) is 0 Å². The number of aryl methyl sites for hydroxylation is 2. The van der Waals surface area contributed by atoms with Crippen molar-refractivity contribution in [2.75, 3.05) is 5.32 Å². The number of carbonyl (C=O) groups is 2. The number of anilines is 1. The first-order valence-corrected chi connectivity index (χ1v) is 7.86. The van der Waals surface area contributed by atoms with Crippen LogP contribution in [0.3, 0.4) is 0 Å². The molecule has 1 aliphatic rings. The van der Waals surface area contributed by atoms with Gasteiger partial charge in [0.25, 0.3) is 0 Å². The number of hydrogen-bond donors (Lipinski definition) is 1. The molecule has 0 saturated carbocycles. The molecule has 0 fully saturated rings. The minimum absolute atomic E-state index is 0.107. The van der Waals surface area contributed by atoms with Crippen LogP contribution in [0.2, 0.25) is 0 Å². The SMILES string of the molecule is CCc1cc(NC(=O)C2CCC(=O)c3ccccc32)nc(C)n1. The smallest absolute Gasteiger partial charge is 0.233 e. The number of benzene rings is 1. The molecule has 3 rings (SSSR count). The summed E-state index contributed by atoms with van der Waals surface area (Å²) >= 11 is 0. The number of amides is 1. The monoisotopic (exact) mass is 309 g/mol. The Balaban J connectivity index is 1.86. The molecule has 1 aromatic carbocycles. The van der Waals surface area contributed by atoms with Crippen LogP contribution >= 0.6 is 0 Å². The Hall–Kier alpha value is -2.56. The summed E-state index contributed by atoms with van der Waals surface area (Å²) in [6, 6.07) is 9.14. The van der Waals surface area contributed by atoms with Gasteiger partial charge in [-0.2, -0.15) is 0 Å². The zero-order valence-electron chi connectivity index (χ0n) is 13.3. The molecule has 0 radical (unpaired) electrons. The number of fused-ring (bicyclic) bond motifs is 1. The Morgan fingerprint density at radius 1 is 1.30 bits per heavy atom. The van der Waals surface area contributed by atoms with Crippen LogP contribution in [0.4, 0.5) is 5.82 Å². The molecule has 1 aromatic heterocycles.